The van der Waals surface area contributed by atoms with E-state index in [-0.39, 0.29) is 6.03 Å². The Morgan fingerprint density at radius 1 is 1.00 bits per heavy atom. The smallest absolute Gasteiger partial charge is 0.323 e. The molecule has 5 nitrogen and oxygen atoms in total. The van der Waals surface area contributed by atoms with Crippen LogP contribution >= 0.6 is 22.9 Å². The van der Waals surface area contributed by atoms with Crippen molar-refractivity contribution >= 4 is 39.8 Å². The molecule has 27 heavy (non-hydrogen) atoms. The van der Waals surface area contributed by atoms with Gasteiger partial charge >= 0.3 is 6.03 Å². The molecule has 0 bridgehead atoms. The Morgan fingerprint density at radius 3 is 2.41 bits per heavy atom. The Balaban J connectivity index is 1.33. The van der Waals surface area contributed by atoms with Crippen molar-refractivity contribution in [1.29, 1.82) is 0 Å². The maximum absolute atomic E-state index is 12.5. The predicted molar refractivity (Wildman–Crippen MR) is 112 cm³/mol. The third kappa shape index (κ3) is 4.23. The highest BCUT2D eigenvalue weighted by Crippen LogP contribution is 2.25. The minimum absolute atomic E-state index is 0.0975. The molecule has 1 saturated heterocycles. The van der Waals surface area contributed by atoms with Crippen LogP contribution in [0.1, 0.15) is 0 Å². The van der Waals surface area contributed by atoms with Crippen molar-refractivity contribution in [2.24, 2.45) is 0 Å². The molecule has 0 spiro atoms. The number of thiazole rings is 1. The second-order valence-electron chi connectivity index (χ2n) is 6.28. The van der Waals surface area contributed by atoms with Crippen molar-refractivity contribution in [3.05, 3.63) is 65.0 Å². The number of hydrogen-bond acceptors (Lipinski definition) is 4. The highest BCUT2D eigenvalue weighted by molar-refractivity contribution is 7.14. The average Bonchev–Trinajstić information content (AvgIpc) is 3.18. The number of carbonyl (C=O) groups is 1. The minimum atomic E-state index is -0.0975. The van der Waals surface area contributed by atoms with E-state index in [1.54, 1.807) is 0 Å². The van der Waals surface area contributed by atoms with Crippen LogP contribution in [0.25, 0.3) is 11.3 Å². The van der Waals surface area contributed by atoms with E-state index in [9.17, 15) is 4.79 Å². The highest BCUT2D eigenvalue weighted by Gasteiger charge is 2.22. The van der Waals surface area contributed by atoms with Gasteiger partial charge in [-0.15, -0.1) is 11.3 Å². The minimum Gasteiger partial charge on any atom is -0.368 e. The number of piperazine rings is 1. The summed E-state index contributed by atoms with van der Waals surface area (Å²) in [6.07, 6.45) is 0. The Labute approximate surface area is 167 Å². The van der Waals surface area contributed by atoms with Gasteiger partial charge in [-0.25, -0.2) is 9.78 Å². The molecule has 1 aliphatic rings. The van der Waals surface area contributed by atoms with Crippen LogP contribution in [0.3, 0.4) is 0 Å². The van der Waals surface area contributed by atoms with Gasteiger partial charge < -0.3 is 9.80 Å². The lowest BCUT2D eigenvalue weighted by atomic mass is 10.2. The Bertz CT molecular complexity index is 905. The molecule has 0 radical (unpaired) electrons. The van der Waals surface area contributed by atoms with Gasteiger partial charge in [0.1, 0.15) is 0 Å². The van der Waals surface area contributed by atoms with Gasteiger partial charge in [0.15, 0.2) is 5.13 Å². The summed E-state index contributed by atoms with van der Waals surface area (Å²) < 4.78 is 0. The molecule has 138 valence electrons. The van der Waals surface area contributed by atoms with Crippen LogP contribution in [0.4, 0.5) is 15.6 Å². The van der Waals surface area contributed by atoms with Crippen LogP contribution < -0.4 is 10.2 Å². The molecule has 1 N–H and O–H groups in total. The lowest BCUT2D eigenvalue weighted by Gasteiger charge is -2.35. The molecule has 2 heterocycles. The first-order chi connectivity index (χ1) is 13.2. The molecule has 0 atom stereocenters. The van der Waals surface area contributed by atoms with Crippen LogP contribution in [-0.4, -0.2) is 42.1 Å². The van der Waals surface area contributed by atoms with Gasteiger partial charge in [0.25, 0.3) is 0 Å². The molecule has 0 aliphatic carbocycles. The van der Waals surface area contributed by atoms with Gasteiger partial charge in [0, 0.05) is 47.8 Å². The first kappa shape index (κ1) is 17.8. The number of urea groups is 1. The topological polar surface area (TPSA) is 48.5 Å². The van der Waals surface area contributed by atoms with Crippen molar-refractivity contribution in [1.82, 2.24) is 9.88 Å². The summed E-state index contributed by atoms with van der Waals surface area (Å²) in [4.78, 5) is 21.2. The summed E-state index contributed by atoms with van der Waals surface area (Å²) in [6, 6.07) is 17.7. The van der Waals surface area contributed by atoms with Crippen LogP contribution in [0.15, 0.2) is 60.0 Å². The van der Waals surface area contributed by atoms with Crippen LogP contribution in [0, 0.1) is 0 Å². The number of benzene rings is 2. The number of rotatable bonds is 3. The summed E-state index contributed by atoms with van der Waals surface area (Å²) in [7, 11) is 0. The van der Waals surface area contributed by atoms with Crippen molar-refractivity contribution in [3.63, 3.8) is 0 Å². The molecule has 2 aromatic carbocycles. The van der Waals surface area contributed by atoms with E-state index in [1.165, 1.54) is 11.3 Å². The fraction of sp³-hybridized carbons (Fsp3) is 0.200. The van der Waals surface area contributed by atoms with E-state index >= 15 is 0 Å². The fourth-order valence-corrected chi connectivity index (χ4v) is 3.90. The monoisotopic (exact) mass is 398 g/mol. The van der Waals surface area contributed by atoms with Crippen LogP contribution in [-0.2, 0) is 0 Å². The maximum Gasteiger partial charge on any atom is 0.323 e. The molecular weight excluding hydrogens is 380 g/mol. The molecule has 0 unspecified atom stereocenters. The largest absolute Gasteiger partial charge is 0.368 e. The SMILES string of the molecule is O=C(Nc1nc(-c2ccccc2)cs1)N1CCN(c2ccc(Cl)cc2)CC1. The zero-order valence-corrected chi connectivity index (χ0v) is 16.2. The van der Waals surface area contributed by atoms with Crippen LogP contribution in [0.5, 0.6) is 0 Å². The van der Waals surface area contributed by atoms with Crippen molar-refractivity contribution in [2.45, 2.75) is 0 Å². The van der Waals surface area contributed by atoms with E-state index < -0.39 is 0 Å². The number of amides is 2. The van der Waals surface area contributed by atoms with Crippen molar-refractivity contribution < 1.29 is 4.79 Å². The second-order valence-corrected chi connectivity index (χ2v) is 7.58. The molecular formula is C20H19ClN4OS. The van der Waals surface area contributed by atoms with E-state index in [0.29, 0.717) is 18.2 Å². The standard InChI is InChI=1S/C20H19ClN4OS/c21-16-6-8-17(9-7-16)24-10-12-25(13-11-24)20(26)23-19-22-18(14-27-19)15-4-2-1-3-5-15/h1-9,14H,10-13H2,(H,22,23,26). The van der Waals surface area contributed by atoms with Gasteiger partial charge in [0.05, 0.1) is 5.69 Å². The van der Waals surface area contributed by atoms with E-state index in [0.717, 1.165) is 35.1 Å². The third-order valence-electron chi connectivity index (χ3n) is 4.55. The molecule has 2 amide bonds. The first-order valence-electron chi connectivity index (χ1n) is 8.76. The molecule has 0 saturated carbocycles. The van der Waals surface area contributed by atoms with E-state index in [4.69, 9.17) is 11.6 Å². The lowest BCUT2D eigenvalue weighted by Crippen LogP contribution is -2.50. The second kappa shape index (κ2) is 7.98. The molecule has 1 aromatic heterocycles. The normalized spacial score (nSPS) is 14.3. The number of halogens is 1. The first-order valence-corrected chi connectivity index (χ1v) is 10.0. The summed E-state index contributed by atoms with van der Waals surface area (Å²) in [6.45, 7) is 2.93. The lowest BCUT2D eigenvalue weighted by molar-refractivity contribution is 0.208. The number of nitrogens with one attached hydrogen (secondary N) is 1. The Hall–Kier alpha value is -2.57. The van der Waals surface area contributed by atoms with Gasteiger partial charge in [-0.1, -0.05) is 41.9 Å². The van der Waals surface area contributed by atoms with Crippen LogP contribution in [0.2, 0.25) is 5.02 Å². The predicted octanol–water partition coefficient (Wildman–Crippen LogP) is 4.82. The molecule has 7 heteroatoms. The van der Waals surface area contributed by atoms with Gasteiger partial charge in [-0.05, 0) is 24.3 Å². The number of anilines is 2. The number of carbonyl (C=O) groups excluding carboxylic acids is 1. The van der Waals surface area contributed by atoms with E-state index in [2.05, 4.69) is 15.2 Å². The maximum atomic E-state index is 12.5. The Morgan fingerprint density at radius 2 is 1.70 bits per heavy atom. The van der Waals surface area contributed by atoms with Crippen molar-refractivity contribution in [3.8, 4) is 11.3 Å². The third-order valence-corrected chi connectivity index (χ3v) is 5.56. The van der Waals surface area contributed by atoms with E-state index in [1.807, 2.05) is 64.9 Å². The van der Waals surface area contributed by atoms with Crippen molar-refractivity contribution in [2.75, 3.05) is 36.4 Å². The summed E-state index contributed by atoms with van der Waals surface area (Å²) in [5.74, 6) is 0. The number of nitrogens with zero attached hydrogens (tertiary/aromatic N) is 3. The van der Waals surface area contributed by atoms with Gasteiger partial charge in [-0.3, -0.25) is 5.32 Å². The summed E-state index contributed by atoms with van der Waals surface area (Å²) in [5.41, 5.74) is 3.06. The zero-order chi connectivity index (χ0) is 18.6. The highest BCUT2D eigenvalue weighted by atomic mass is 35.5. The molecule has 1 fully saturated rings. The molecule has 4 rings (SSSR count). The van der Waals surface area contributed by atoms with Gasteiger partial charge in [-0.2, -0.15) is 0 Å². The molecule has 3 aromatic rings. The zero-order valence-electron chi connectivity index (χ0n) is 14.6. The summed E-state index contributed by atoms with van der Waals surface area (Å²) in [5, 5.41) is 6.24. The number of aromatic nitrogens is 1. The fourth-order valence-electron chi connectivity index (χ4n) is 3.06. The number of hydrogen-bond donors (Lipinski definition) is 1. The Kier molecular flexibility index (Phi) is 5.27. The average molecular weight is 399 g/mol. The quantitative estimate of drug-likeness (QED) is 0.688. The summed E-state index contributed by atoms with van der Waals surface area (Å²) >= 11 is 7.39. The van der Waals surface area contributed by atoms with Gasteiger partial charge in [0.2, 0.25) is 0 Å². The molecule has 1 aliphatic heterocycles.